The van der Waals surface area contributed by atoms with Gasteiger partial charge in [-0.1, -0.05) is 6.07 Å². The molecule has 5 heteroatoms. The van der Waals surface area contributed by atoms with Gasteiger partial charge in [-0.25, -0.2) is 8.78 Å². The van der Waals surface area contributed by atoms with Gasteiger partial charge >= 0.3 is 0 Å². The van der Waals surface area contributed by atoms with E-state index in [2.05, 4.69) is 5.32 Å². The van der Waals surface area contributed by atoms with Crippen LogP contribution in [-0.4, -0.2) is 11.9 Å². The first kappa shape index (κ1) is 14.9. The van der Waals surface area contributed by atoms with Crippen LogP contribution in [0.1, 0.15) is 44.2 Å². The molecule has 0 saturated heterocycles. The van der Waals surface area contributed by atoms with Gasteiger partial charge in [-0.15, -0.1) is 0 Å². The quantitative estimate of drug-likeness (QED) is 0.892. The molecule has 0 bridgehead atoms. The molecule has 20 heavy (non-hydrogen) atoms. The van der Waals surface area contributed by atoms with Crippen molar-refractivity contribution in [1.29, 1.82) is 0 Å². The summed E-state index contributed by atoms with van der Waals surface area (Å²) in [5.74, 6) is -1.37. The Morgan fingerprint density at radius 1 is 1.30 bits per heavy atom. The van der Waals surface area contributed by atoms with Crippen molar-refractivity contribution in [2.45, 2.75) is 44.7 Å². The Morgan fingerprint density at radius 3 is 2.50 bits per heavy atom. The lowest BCUT2D eigenvalue weighted by molar-refractivity contribution is -0.122. The van der Waals surface area contributed by atoms with Crippen LogP contribution in [0, 0.1) is 17.6 Å². The van der Waals surface area contributed by atoms with E-state index in [4.69, 9.17) is 5.73 Å². The van der Waals surface area contributed by atoms with Crippen LogP contribution in [0.15, 0.2) is 18.2 Å². The number of amides is 1. The second kappa shape index (κ2) is 6.31. The molecular weight excluding hydrogens is 262 g/mol. The van der Waals surface area contributed by atoms with Crippen molar-refractivity contribution < 1.29 is 13.6 Å². The average Bonchev–Trinajstić information content (AvgIpc) is 2.39. The fourth-order valence-electron chi connectivity index (χ4n) is 2.84. The van der Waals surface area contributed by atoms with E-state index in [-0.39, 0.29) is 23.9 Å². The first-order valence-corrected chi connectivity index (χ1v) is 6.97. The van der Waals surface area contributed by atoms with E-state index in [9.17, 15) is 13.6 Å². The Morgan fingerprint density at radius 2 is 1.95 bits per heavy atom. The topological polar surface area (TPSA) is 55.1 Å². The molecule has 1 amide bonds. The molecule has 1 fully saturated rings. The molecular formula is C15H20F2N2O. The lowest BCUT2D eigenvalue weighted by Gasteiger charge is -2.30. The highest BCUT2D eigenvalue weighted by molar-refractivity contribution is 5.76. The Labute approximate surface area is 117 Å². The molecule has 1 aliphatic carbocycles. The molecule has 0 heterocycles. The van der Waals surface area contributed by atoms with E-state index in [0.717, 1.165) is 31.7 Å². The van der Waals surface area contributed by atoms with Crippen molar-refractivity contribution in [2.24, 2.45) is 11.7 Å². The number of benzene rings is 1. The lowest BCUT2D eigenvalue weighted by atomic mass is 9.85. The highest BCUT2D eigenvalue weighted by Gasteiger charge is 2.26. The van der Waals surface area contributed by atoms with Crippen molar-refractivity contribution in [2.75, 3.05) is 0 Å². The number of nitrogens with one attached hydrogen (secondary N) is 1. The summed E-state index contributed by atoms with van der Waals surface area (Å²) in [7, 11) is 0. The molecule has 3 N–H and O–H groups in total. The molecule has 1 unspecified atom stereocenters. The van der Waals surface area contributed by atoms with E-state index >= 15 is 0 Å². The fraction of sp³-hybridized carbons (Fsp3) is 0.533. The highest BCUT2D eigenvalue weighted by Crippen LogP contribution is 2.26. The minimum atomic E-state index is -0.569. The number of hydrogen-bond acceptors (Lipinski definition) is 2. The van der Waals surface area contributed by atoms with Gasteiger partial charge in [0.1, 0.15) is 11.6 Å². The van der Waals surface area contributed by atoms with Crippen molar-refractivity contribution >= 4 is 5.91 Å². The highest BCUT2D eigenvalue weighted by atomic mass is 19.1. The molecule has 110 valence electrons. The van der Waals surface area contributed by atoms with Gasteiger partial charge < -0.3 is 11.1 Å². The summed E-state index contributed by atoms with van der Waals surface area (Å²) in [5.41, 5.74) is 5.76. The molecule has 0 aromatic heterocycles. The maximum Gasteiger partial charge on any atom is 0.220 e. The molecule has 2 rings (SSSR count). The molecule has 3 nitrogen and oxygen atoms in total. The van der Waals surface area contributed by atoms with Crippen LogP contribution in [0.2, 0.25) is 0 Å². The maximum absolute atomic E-state index is 13.7. The van der Waals surface area contributed by atoms with E-state index in [0.29, 0.717) is 5.56 Å². The minimum absolute atomic E-state index is 0.0362. The second-order valence-corrected chi connectivity index (χ2v) is 5.51. The number of nitrogens with two attached hydrogens (primary N) is 1. The Kier molecular flexibility index (Phi) is 4.70. The van der Waals surface area contributed by atoms with Crippen molar-refractivity contribution in [3.63, 3.8) is 0 Å². The van der Waals surface area contributed by atoms with E-state index in [1.54, 1.807) is 0 Å². The van der Waals surface area contributed by atoms with E-state index < -0.39 is 11.6 Å². The molecule has 1 aromatic carbocycles. The normalized spacial score (nSPS) is 24.4. The Hall–Kier alpha value is -1.49. The van der Waals surface area contributed by atoms with Crippen LogP contribution in [-0.2, 0) is 4.79 Å². The largest absolute Gasteiger partial charge is 0.369 e. The summed E-state index contributed by atoms with van der Waals surface area (Å²) >= 11 is 0. The molecule has 1 atom stereocenters. The Balaban J connectivity index is 1.92. The molecule has 1 aromatic rings. The van der Waals surface area contributed by atoms with Gasteiger partial charge in [-0.05, 0) is 38.7 Å². The molecule has 1 aliphatic rings. The van der Waals surface area contributed by atoms with Crippen LogP contribution in [0.5, 0.6) is 0 Å². The number of carbonyl (C=O) groups excluding carboxylic acids is 1. The third-order valence-corrected chi connectivity index (χ3v) is 4.04. The van der Waals surface area contributed by atoms with Gasteiger partial charge in [0.15, 0.2) is 0 Å². The number of hydrogen-bond donors (Lipinski definition) is 2. The second-order valence-electron chi connectivity index (χ2n) is 5.51. The maximum atomic E-state index is 13.7. The minimum Gasteiger partial charge on any atom is -0.369 e. The van der Waals surface area contributed by atoms with Gasteiger partial charge in [-0.3, -0.25) is 4.79 Å². The number of rotatable bonds is 4. The number of carbonyl (C=O) groups is 1. The predicted octanol–water partition coefficient (Wildman–Crippen LogP) is 2.66. The SMILES string of the molecule is CC(NC1CCC(C(N)=O)CC1)c1ccc(F)cc1F. The summed E-state index contributed by atoms with van der Waals surface area (Å²) in [4.78, 5) is 11.1. The number of primary amides is 1. The molecule has 0 aliphatic heterocycles. The summed E-state index contributed by atoms with van der Waals surface area (Å²) in [6.45, 7) is 1.86. The van der Waals surface area contributed by atoms with Crippen LogP contribution in [0.3, 0.4) is 0 Å². The first-order chi connectivity index (χ1) is 9.47. The number of halogens is 2. The summed E-state index contributed by atoms with van der Waals surface area (Å²) in [6.07, 6.45) is 3.23. The van der Waals surface area contributed by atoms with Crippen molar-refractivity contribution in [1.82, 2.24) is 5.32 Å². The standard InChI is InChI=1S/C15H20F2N2O/c1-9(13-7-4-11(16)8-14(13)17)19-12-5-2-10(3-6-12)15(18)20/h4,7-10,12,19H,2-3,5-6H2,1H3,(H2,18,20). The van der Waals surface area contributed by atoms with Crippen LogP contribution >= 0.6 is 0 Å². The zero-order valence-electron chi connectivity index (χ0n) is 11.5. The van der Waals surface area contributed by atoms with Crippen LogP contribution in [0.4, 0.5) is 8.78 Å². The summed E-state index contributed by atoms with van der Waals surface area (Å²) in [6, 6.07) is 3.69. The van der Waals surface area contributed by atoms with Gasteiger partial charge in [0.25, 0.3) is 0 Å². The zero-order valence-corrected chi connectivity index (χ0v) is 11.5. The predicted molar refractivity (Wildman–Crippen MR) is 72.8 cm³/mol. The van der Waals surface area contributed by atoms with Crippen molar-refractivity contribution in [3.05, 3.63) is 35.4 Å². The van der Waals surface area contributed by atoms with Gasteiger partial charge in [0.05, 0.1) is 0 Å². The monoisotopic (exact) mass is 282 g/mol. The third kappa shape index (κ3) is 3.54. The molecule has 0 spiro atoms. The van der Waals surface area contributed by atoms with E-state index in [1.807, 2.05) is 6.92 Å². The summed E-state index contributed by atoms with van der Waals surface area (Å²) < 4.78 is 26.6. The van der Waals surface area contributed by atoms with E-state index in [1.165, 1.54) is 12.1 Å². The average molecular weight is 282 g/mol. The third-order valence-electron chi connectivity index (χ3n) is 4.04. The summed E-state index contributed by atoms with van der Waals surface area (Å²) in [5, 5.41) is 3.34. The van der Waals surface area contributed by atoms with Gasteiger partial charge in [0.2, 0.25) is 5.91 Å². The molecule has 0 radical (unpaired) electrons. The fourth-order valence-corrected chi connectivity index (χ4v) is 2.84. The van der Waals surface area contributed by atoms with Crippen LogP contribution < -0.4 is 11.1 Å². The first-order valence-electron chi connectivity index (χ1n) is 6.97. The zero-order chi connectivity index (χ0) is 14.7. The van der Waals surface area contributed by atoms with Crippen molar-refractivity contribution in [3.8, 4) is 0 Å². The molecule has 1 saturated carbocycles. The van der Waals surface area contributed by atoms with Gasteiger partial charge in [0, 0.05) is 29.6 Å². The smallest absolute Gasteiger partial charge is 0.220 e. The lowest BCUT2D eigenvalue weighted by Crippen LogP contribution is -2.38. The van der Waals surface area contributed by atoms with Crippen LogP contribution in [0.25, 0.3) is 0 Å². The Bertz CT molecular complexity index is 485. The van der Waals surface area contributed by atoms with Gasteiger partial charge in [-0.2, -0.15) is 0 Å².